The number of aromatic amines is 1. The van der Waals surface area contributed by atoms with Gasteiger partial charge in [-0.2, -0.15) is 0 Å². The summed E-state index contributed by atoms with van der Waals surface area (Å²) >= 11 is 6.13. The second-order valence-corrected chi connectivity index (χ2v) is 9.31. The van der Waals surface area contributed by atoms with Gasteiger partial charge in [-0.1, -0.05) is 11.6 Å². The first-order valence-electron chi connectivity index (χ1n) is 11.2. The highest BCUT2D eigenvalue weighted by atomic mass is 35.5. The smallest absolute Gasteiger partial charge is 0.274 e. The molecule has 0 aliphatic carbocycles. The average Bonchev–Trinajstić information content (AvgIpc) is 3.44. The lowest BCUT2D eigenvalue weighted by molar-refractivity contribution is 0.0780. The van der Waals surface area contributed by atoms with Crippen molar-refractivity contribution in [3.63, 3.8) is 0 Å². The molecule has 1 fully saturated rings. The van der Waals surface area contributed by atoms with Crippen LogP contribution in [0.15, 0.2) is 41.3 Å². The molecule has 0 spiro atoms. The fourth-order valence-electron chi connectivity index (χ4n) is 5.13. The van der Waals surface area contributed by atoms with Crippen LogP contribution in [0.3, 0.4) is 0 Å². The third kappa shape index (κ3) is 3.59. The Morgan fingerprint density at radius 3 is 2.88 bits per heavy atom. The zero-order chi connectivity index (χ0) is 22.7. The van der Waals surface area contributed by atoms with E-state index in [0.717, 1.165) is 54.0 Å². The number of hydrogen-bond acceptors (Lipinski definition) is 4. The molecule has 0 saturated carbocycles. The number of halogens is 2. The van der Waals surface area contributed by atoms with E-state index in [1.165, 1.54) is 0 Å². The van der Waals surface area contributed by atoms with Gasteiger partial charge >= 0.3 is 0 Å². The van der Waals surface area contributed by atoms with Crippen LogP contribution in [0.4, 0.5) is 5.69 Å². The van der Waals surface area contributed by atoms with E-state index in [0.29, 0.717) is 34.8 Å². The molecule has 0 radical (unpaired) electrons. The maximum Gasteiger partial charge on any atom is 0.274 e. The highest BCUT2D eigenvalue weighted by Gasteiger charge is 2.28. The number of anilines is 1. The summed E-state index contributed by atoms with van der Waals surface area (Å²) in [5, 5.41) is 0.672. The molecular formula is C25H24Cl2N4O3. The lowest BCUT2D eigenvalue weighted by Crippen LogP contribution is -2.29. The molecule has 0 bridgehead atoms. The maximum atomic E-state index is 13.5. The molecular weight excluding hydrogens is 475 g/mol. The van der Waals surface area contributed by atoms with Crippen LogP contribution in [0.25, 0.3) is 16.6 Å². The molecule has 1 saturated heterocycles. The number of nitrogens with zero attached hydrogens (tertiary/aromatic N) is 3. The predicted octanol–water partition coefficient (Wildman–Crippen LogP) is 4.66. The van der Waals surface area contributed by atoms with Crippen molar-refractivity contribution in [2.24, 2.45) is 0 Å². The van der Waals surface area contributed by atoms with E-state index in [1.54, 1.807) is 17.2 Å². The maximum absolute atomic E-state index is 13.5. The quantitative estimate of drug-likeness (QED) is 0.435. The molecule has 1 amide bonds. The summed E-state index contributed by atoms with van der Waals surface area (Å²) in [6.07, 6.45) is 4.35. The third-order valence-corrected chi connectivity index (χ3v) is 7.03. The van der Waals surface area contributed by atoms with Gasteiger partial charge in [-0.3, -0.25) is 14.0 Å². The zero-order valence-corrected chi connectivity index (χ0v) is 20.2. The topological polar surface area (TPSA) is 79.7 Å². The van der Waals surface area contributed by atoms with Gasteiger partial charge in [0.25, 0.3) is 11.5 Å². The molecule has 1 atom stereocenters. The number of ether oxygens (including phenoxy) is 1. The Morgan fingerprint density at radius 2 is 2.09 bits per heavy atom. The second-order valence-electron chi connectivity index (χ2n) is 8.87. The number of aryl methyl sites for hydroxylation is 1. The van der Waals surface area contributed by atoms with Gasteiger partial charge in [0.05, 0.1) is 23.8 Å². The fraction of sp³-hybridized carbons (Fsp3) is 0.320. The minimum atomic E-state index is -0.221. The number of H-pyrrole nitrogens is 1. The third-order valence-electron chi connectivity index (χ3n) is 6.79. The lowest BCUT2D eigenvalue weighted by atomic mass is 10.0. The molecule has 4 heterocycles. The van der Waals surface area contributed by atoms with E-state index in [9.17, 15) is 9.59 Å². The highest BCUT2D eigenvalue weighted by molar-refractivity contribution is 6.30. The van der Waals surface area contributed by atoms with Crippen LogP contribution in [-0.2, 0) is 11.2 Å². The fourth-order valence-corrected chi connectivity index (χ4v) is 5.33. The van der Waals surface area contributed by atoms with Gasteiger partial charge in [-0.25, -0.2) is 4.98 Å². The summed E-state index contributed by atoms with van der Waals surface area (Å²) in [6.45, 7) is 3.90. The number of hydrogen-bond donors (Lipinski definition) is 1. The van der Waals surface area contributed by atoms with Gasteiger partial charge in [0.1, 0.15) is 11.3 Å². The van der Waals surface area contributed by atoms with Gasteiger partial charge in [-0.15, -0.1) is 12.4 Å². The van der Waals surface area contributed by atoms with Crippen LogP contribution in [0, 0.1) is 6.92 Å². The van der Waals surface area contributed by atoms with Gasteiger partial charge in [0, 0.05) is 35.3 Å². The molecule has 2 aromatic heterocycles. The minimum absolute atomic E-state index is 0. The number of nitrogens with one attached hydrogen (secondary N) is 1. The number of carbonyl (C=O) groups excluding carboxylic acids is 1. The number of carbonyl (C=O) groups is 1. The number of imidazole rings is 1. The standard InChI is InChI=1S/C25H23ClN4O3.ClH/c1-14-9-21-19(11-18(14)25(32)29-7-6-15-10-17(26)4-5-20(15)29)28-24(31)22-12-27-23(30(21)22)16-3-2-8-33-13-16;/h4-5,9-12,16H,2-3,6-8,13H2,1H3,(H,28,31);1H. The Labute approximate surface area is 207 Å². The highest BCUT2D eigenvalue weighted by Crippen LogP contribution is 2.33. The number of aromatic nitrogens is 3. The molecule has 176 valence electrons. The Morgan fingerprint density at radius 1 is 1.24 bits per heavy atom. The van der Waals surface area contributed by atoms with Crippen molar-refractivity contribution in [3.8, 4) is 0 Å². The van der Waals surface area contributed by atoms with E-state index in [-0.39, 0.29) is 29.8 Å². The minimum Gasteiger partial charge on any atom is -0.381 e. The summed E-state index contributed by atoms with van der Waals surface area (Å²) < 4.78 is 7.60. The first-order valence-corrected chi connectivity index (χ1v) is 11.6. The SMILES string of the molecule is Cc1cc2c(cc1C(=O)N1CCc3cc(Cl)ccc31)[nH]c(=O)c1cnc(C3CCCOC3)n12.Cl. The summed E-state index contributed by atoms with van der Waals surface area (Å²) in [7, 11) is 0. The van der Waals surface area contributed by atoms with Crippen LogP contribution in [-0.4, -0.2) is 40.0 Å². The van der Waals surface area contributed by atoms with Crippen molar-refractivity contribution in [3.05, 3.63) is 74.4 Å². The molecule has 7 nitrogen and oxygen atoms in total. The van der Waals surface area contributed by atoms with E-state index in [2.05, 4.69) is 9.97 Å². The van der Waals surface area contributed by atoms with Crippen molar-refractivity contribution in [2.45, 2.75) is 32.1 Å². The second kappa shape index (κ2) is 8.73. The van der Waals surface area contributed by atoms with Gasteiger partial charge in [0.15, 0.2) is 0 Å². The van der Waals surface area contributed by atoms with Gasteiger partial charge < -0.3 is 14.6 Å². The predicted molar refractivity (Wildman–Crippen MR) is 135 cm³/mol. The molecule has 4 aromatic rings. The van der Waals surface area contributed by atoms with Crippen LogP contribution in [0.5, 0.6) is 0 Å². The molecule has 1 unspecified atom stereocenters. The Balaban J connectivity index is 0.00000241. The van der Waals surface area contributed by atoms with E-state index in [1.807, 2.05) is 35.6 Å². The zero-order valence-electron chi connectivity index (χ0n) is 18.6. The summed E-state index contributed by atoms with van der Waals surface area (Å²) in [5.41, 5.74) is 5.13. The van der Waals surface area contributed by atoms with Crippen LogP contribution in [0.2, 0.25) is 5.02 Å². The first-order chi connectivity index (χ1) is 16.0. The van der Waals surface area contributed by atoms with Crippen molar-refractivity contribution < 1.29 is 9.53 Å². The molecule has 34 heavy (non-hydrogen) atoms. The summed E-state index contributed by atoms with van der Waals surface area (Å²) in [6, 6.07) is 9.39. The van der Waals surface area contributed by atoms with Crippen molar-refractivity contribution in [2.75, 3.05) is 24.7 Å². The first kappa shape index (κ1) is 22.9. The molecule has 1 N–H and O–H groups in total. The average molecular weight is 499 g/mol. The molecule has 2 aliphatic rings. The molecule has 2 aromatic carbocycles. The van der Waals surface area contributed by atoms with Crippen LogP contribution < -0.4 is 10.5 Å². The van der Waals surface area contributed by atoms with E-state index < -0.39 is 0 Å². The molecule has 2 aliphatic heterocycles. The number of fused-ring (bicyclic) bond motifs is 4. The summed E-state index contributed by atoms with van der Waals surface area (Å²) in [5.74, 6) is 0.897. The van der Waals surface area contributed by atoms with Gasteiger partial charge in [-0.05, 0) is 67.6 Å². The molecule has 9 heteroatoms. The van der Waals surface area contributed by atoms with Crippen molar-refractivity contribution in [1.82, 2.24) is 14.4 Å². The Bertz CT molecular complexity index is 1490. The van der Waals surface area contributed by atoms with Crippen LogP contribution >= 0.6 is 24.0 Å². The summed E-state index contributed by atoms with van der Waals surface area (Å²) in [4.78, 5) is 35.7. The van der Waals surface area contributed by atoms with Gasteiger partial charge in [0.2, 0.25) is 0 Å². The molecule has 6 rings (SSSR count). The normalized spacial score (nSPS) is 17.7. The van der Waals surface area contributed by atoms with Crippen molar-refractivity contribution >= 4 is 52.2 Å². The number of benzene rings is 2. The largest absolute Gasteiger partial charge is 0.381 e. The van der Waals surface area contributed by atoms with Crippen LogP contribution in [0.1, 0.15) is 46.1 Å². The Kier molecular flexibility index (Phi) is 5.88. The van der Waals surface area contributed by atoms with E-state index in [4.69, 9.17) is 16.3 Å². The number of amides is 1. The lowest BCUT2D eigenvalue weighted by Gasteiger charge is -2.22. The van der Waals surface area contributed by atoms with Crippen molar-refractivity contribution in [1.29, 1.82) is 0 Å². The Hall–Kier alpha value is -2.87. The monoisotopic (exact) mass is 498 g/mol. The number of rotatable bonds is 2. The van der Waals surface area contributed by atoms with E-state index >= 15 is 0 Å².